The van der Waals surface area contributed by atoms with E-state index in [1.165, 1.54) is 0 Å². The second-order valence-electron chi connectivity index (χ2n) is 5.77. The highest BCUT2D eigenvalue weighted by molar-refractivity contribution is 5.90. The van der Waals surface area contributed by atoms with Crippen LogP contribution in [0.3, 0.4) is 0 Å². The van der Waals surface area contributed by atoms with E-state index in [1.54, 1.807) is 0 Å². The molecule has 1 heterocycles. The number of carbonyl (C=O) groups is 1. The van der Waals surface area contributed by atoms with Crippen molar-refractivity contribution in [2.45, 2.75) is 20.4 Å². The fourth-order valence-corrected chi connectivity index (χ4v) is 2.24. The number of nitrogens with one attached hydrogen (secondary N) is 2. The van der Waals surface area contributed by atoms with Gasteiger partial charge in [0.15, 0.2) is 0 Å². The van der Waals surface area contributed by atoms with Crippen molar-refractivity contribution in [2.24, 2.45) is 5.92 Å². The Morgan fingerprint density at radius 1 is 1.29 bits per heavy atom. The number of anilines is 1. The molecular weight excluding hydrogens is 266 g/mol. The molecule has 1 aliphatic rings. The molecule has 0 aromatic heterocycles. The average Bonchev–Trinajstić information content (AvgIpc) is 2.48. The summed E-state index contributed by atoms with van der Waals surface area (Å²) >= 11 is 0. The summed E-state index contributed by atoms with van der Waals surface area (Å²) in [4.78, 5) is 14.2. The zero-order valence-corrected chi connectivity index (χ0v) is 12.9. The molecule has 5 nitrogen and oxygen atoms in total. The number of nitrogens with zero attached hydrogens (tertiary/aromatic N) is 1. The molecule has 0 radical (unpaired) electrons. The van der Waals surface area contributed by atoms with Crippen LogP contribution in [0, 0.1) is 5.92 Å². The highest BCUT2D eigenvalue weighted by Crippen LogP contribution is 2.17. The van der Waals surface area contributed by atoms with E-state index >= 15 is 0 Å². The first kappa shape index (κ1) is 15.8. The Bertz CT molecular complexity index is 457. The standard InChI is InChI=1S/C16H25N3O2/c1-13(2)11-17-16(20)18-15-6-4-3-5-14(15)12-19-7-9-21-10-8-19/h3-6,13H,7-12H2,1-2H3,(H2,17,18,20). The van der Waals surface area contributed by atoms with Crippen LogP contribution < -0.4 is 10.6 Å². The predicted molar refractivity (Wildman–Crippen MR) is 84.4 cm³/mol. The SMILES string of the molecule is CC(C)CNC(=O)Nc1ccccc1CN1CCOCC1. The molecule has 2 amide bonds. The summed E-state index contributed by atoms with van der Waals surface area (Å²) in [5, 5.41) is 5.83. The summed E-state index contributed by atoms with van der Waals surface area (Å²) in [7, 11) is 0. The molecular formula is C16H25N3O2. The van der Waals surface area contributed by atoms with E-state index in [9.17, 15) is 4.79 Å². The van der Waals surface area contributed by atoms with Gasteiger partial charge in [-0.15, -0.1) is 0 Å². The maximum absolute atomic E-state index is 11.9. The number of morpholine rings is 1. The summed E-state index contributed by atoms with van der Waals surface area (Å²) in [5.74, 6) is 0.444. The molecule has 0 aliphatic carbocycles. The number of benzene rings is 1. The Hall–Kier alpha value is -1.59. The Balaban J connectivity index is 1.94. The Labute approximate surface area is 126 Å². The van der Waals surface area contributed by atoms with Crippen molar-refractivity contribution < 1.29 is 9.53 Å². The van der Waals surface area contributed by atoms with E-state index in [4.69, 9.17) is 4.74 Å². The van der Waals surface area contributed by atoms with Crippen LogP contribution in [0.4, 0.5) is 10.5 Å². The van der Waals surface area contributed by atoms with Gasteiger partial charge < -0.3 is 15.4 Å². The number of carbonyl (C=O) groups excluding carboxylic acids is 1. The van der Waals surface area contributed by atoms with E-state index in [0.29, 0.717) is 12.5 Å². The maximum Gasteiger partial charge on any atom is 0.319 e. The van der Waals surface area contributed by atoms with Crippen LogP contribution in [-0.4, -0.2) is 43.8 Å². The quantitative estimate of drug-likeness (QED) is 0.875. The average molecular weight is 291 g/mol. The van der Waals surface area contributed by atoms with Crippen LogP contribution in [0.15, 0.2) is 24.3 Å². The largest absolute Gasteiger partial charge is 0.379 e. The predicted octanol–water partition coefficient (Wildman–Crippen LogP) is 2.30. The lowest BCUT2D eigenvalue weighted by molar-refractivity contribution is 0.0343. The van der Waals surface area contributed by atoms with Crippen molar-refractivity contribution >= 4 is 11.7 Å². The van der Waals surface area contributed by atoms with Crippen LogP contribution in [-0.2, 0) is 11.3 Å². The van der Waals surface area contributed by atoms with E-state index in [0.717, 1.165) is 44.1 Å². The van der Waals surface area contributed by atoms with Crippen molar-refractivity contribution in [3.63, 3.8) is 0 Å². The van der Waals surface area contributed by atoms with Crippen molar-refractivity contribution in [3.05, 3.63) is 29.8 Å². The third kappa shape index (κ3) is 5.36. The second kappa shape index (κ2) is 8.00. The molecule has 116 valence electrons. The number of rotatable bonds is 5. The summed E-state index contributed by atoms with van der Waals surface area (Å²) < 4.78 is 5.37. The minimum absolute atomic E-state index is 0.141. The summed E-state index contributed by atoms with van der Waals surface area (Å²) in [5.41, 5.74) is 2.02. The number of hydrogen-bond acceptors (Lipinski definition) is 3. The molecule has 0 bridgehead atoms. The van der Waals surface area contributed by atoms with Crippen molar-refractivity contribution in [3.8, 4) is 0 Å². The van der Waals surface area contributed by atoms with E-state index in [-0.39, 0.29) is 6.03 Å². The number of urea groups is 1. The fraction of sp³-hybridized carbons (Fsp3) is 0.562. The zero-order valence-electron chi connectivity index (χ0n) is 12.9. The first-order chi connectivity index (χ1) is 10.1. The van der Waals surface area contributed by atoms with Crippen molar-refractivity contribution in [2.75, 3.05) is 38.2 Å². The number of para-hydroxylation sites is 1. The van der Waals surface area contributed by atoms with Gasteiger partial charge in [0.05, 0.1) is 13.2 Å². The molecule has 0 unspecified atom stereocenters. The van der Waals surface area contributed by atoms with Gasteiger partial charge in [-0.05, 0) is 17.5 Å². The van der Waals surface area contributed by atoms with Crippen LogP contribution in [0.1, 0.15) is 19.4 Å². The smallest absolute Gasteiger partial charge is 0.319 e. The van der Waals surface area contributed by atoms with E-state index in [1.807, 2.05) is 18.2 Å². The number of hydrogen-bond donors (Lipinski definition) is 2. The lowest BCUT2D eigenvalue weighted by Gasteiger charge is -2.27. The molecule has 1 aromatic carbocycles. The van der Waals surface area contributed by atoms with Gasteiger partial charge >= 0.3 is 6.03 Å². The minimum atomic E-state index is -0.141. The van der Waals surface area contributed by atoms with Crippen molar-refractivity contribution in [1.29, 1.82) is 0 Å². The lowest BCUT2D eigenvalue weighted by Crippen LogP contribution is -2.36. The molecule has 21 heavy (non-hydrogen) atoms. The lowest BCUT2D eigenvalue weighted by atomic mass is 10.1. The second-order valence-corrected chi connectivity index (χ2v) is 5.77. The monoisotopic (exact) mass is 291 g/mol. The molecule has 1 fully saturated rings. The third-order valence-corrected chi connectivity index (χ3v) is 3.43. The molecule has 0 saturated carbocycles. The van der Waals surface area contributed by atoms with Crippen LogP contribution in [0.5, 0.6) is 0 Å². The van der Waals surface area contributed by atoms with Gasteiger partial charge in [0.25, 0.3) is 0 Å². The minimum Gasteiger partial charge on any atom is -0.379 e. The summed E-state index contributed by atoms with van der Waals surface area (Å²) in [6.07, 6.45) is 0. The summed E-state index contributed by atoms with van der Waals surface area (Å²) in [6.45, 7) is 9.11. The zero-order chi connectivity index (χ0) is 15.1. The Morgan fingerprint density at radius 3 is 2.71 bits per heavy atom. The molecule has 1 saturated heterocycles. The highest BCUT2D eigenvalue weighted by Gasteiger charge is 2.13. The third-order valence-electron chi connectivity index (χ3n) is 3.43. The van der Waals surface area contributed by atoms with Gasteiger partial charge in [-0.3, -0.25) is 4.90 Å². The molecule has 2 N–H and O–H groups in total. The molecule has 0 atom stereocenters. The Kier molecular flexibility index (Phi) is 6.02. The molecule has 2 rings (SSSR count). The molecule has 5 heteroatoms. The fourth-order valence-electron chi connectivity index (χ4n) is 2.24. The maximum atomic E-state index is 11.9. The molecule has 1 aromatic rings. The first-order valence-electron chi connectivity index (χ1n) is 7.58. The van der Waals surface area contributed by atoms with Crippen molar-refractivity contribution in [1.82, 2.24) is 10.2 Å². The van der Waals surface area contributed by atoms with Gasteiger partial charge in [-0.2, -0.15) is 0 Å². The van der Waals surface area contributed by atoms with E-state index < -0.39 is 0 Å². The van der Waals surface area contributed by atoms with E-state index in [2.05, 4.69) is 35.4 Å². The number of amides is 2. The molecule has 1 aliphatic heterocycles. The van der Waals surface area contributed by atoms with Crippen LogP contribution in [0.25, 0.3) is 0 Å². The summed E-state index contributed by atoms with van der Waals surface area (Å²) in [6, 6.07) is 7.82. The number of ether oxygens (including phenoxy) is 1. The van der Waals surface area contributed by atoms with Gasteiger partial charge in [0.1, 0.15) is 0 Å². The Morgan fingerprint density at radius 2 is 2.00 bits per heavy atom. The normalized spacial score (nSPS) is 16.0. The van der Waals surface area contributed by atoms with Gasteiger partial charge in [-0.1, -0.05) is 32.0 Å². The van der Waals surface area contributed by atoms with Crippen LogP contribution in [0.2, 0.25) is 0 Å². The van der Waals surface area contributed by atoms with Gasteiger partial charge in [0.2, 0.25) is 0 Å². The highest BCUT2D eigenvalue weighted by atomic mass is 16.5. The van der Waals surface area contributed by atoms with Crippen LogP contribution >= 0.6 is 0 Å². The van der Waals surface area contributed by atoms with Gasteiger partial charge in [-0.25, -0.2) is 4.79 Å². The first-order valence-corrected chi connectivity index (χ1v) is 7.58. The van der Waals surface area contributed by atoms with Gasteiger partial charge in [0, 0.05) is 31.9 Å². The molecule has 0 spiro atoms. The topological polar surface area (TPSA) is 53.6 Å².